The molecule has 0 spiro atoms. The Morgan fingerprint density at radius 3 is 2.36 bits per heavy atom. The number of thioether (sulfide) groups is 1. The number of amides is 1. The van der Waals surface area contributed by atoms with Crippen LogP contribution in [-0.2, 0) is 4.79 Å². The summed E-state index contributed by atoms with van der Waals surface area (Å²) in [6.45, 7) is 0. The van der Waals surface area contributed by atoms with E-state index in [0.29, 0.717) is 0 Å². The average molecular weight is 399 g/mol. The van der Waals surface area contributed by atoms with Gasteiger partial charge in [0.15, 0.2) is 0 Å². The quantitative estimate of drug-likeness (QED) is 0.570. The summed E-state index contributed by atoms with van der Waals surface area (Å²) < 4.78 is 32.2. The van der Waals surface area contributed by atoms with E-state index in [1.165, 1.54) is 0 Å². The molecule has 0 aliphatic heterocycles. The summed E-state index contributed by atoms with van der Waals surface area (Å²) in [5.41, 5.74) is 1.81. The van der Waals surface area contributed by atoms with E-state index in [0.717, 1.165) is 46.8 Å². The highest BCUT2D eigenvalue weighted by atomic mass is 32.2. The molecule has 6 heteroatoms. The molecule has 1 atom stereocenters. The first-order chi connectivity index (χ1) is 13.6. The molecular weight excluding hydrogens is 380 g/mol. The van der Waals surface area contributed by atoms with Gasteiger partial charge in [0.1, 0.15) is 17.4 Å². The van der Waals surface area contributed by atoms with Gasteiger partial charge < -0.3 is 10.1 Å². The van der Waals surface area contributed by atoms with Crippen molar-refractivity contribution < 1.29 is 18.3 Å². The third-order valence-corrected chi connectivity index (χ3v) is 5.17. The molecule has 0 saturated heterocycles. The van der Waals surface area contributed by atoms with Gasteiger partial charge in [-0.15, -0.1) is 11.8 Å². The van der Waals surface area contributed by atoms with Crippen LogP contribution in [0.2, 0.25) is 0 Å². The molecule has 0 aliphatic carbocycles. The maximum absolute atomic E-state index is 13.8. The fourth-order valence-corrected chi connectivity index (χ4v) is 3.51. The van der Waals surface area contributed by atoms with Crippen LogP contribution in [-0.4, -0.2) is 18.8 Å². The Morgan fingerprint density at radius 1 is 1.00 bits per heavy atom. The van der Waals surface area contributed by atoms with Crippen molar-refractivity contribution >= 4 is 17.7 Å². The number of carbonyl (C=O) groups is 1. The van der Waals surface area contributed by atoms with Crippen LogP contribution in [0.15, 0.2) is 77.7 Å². The second-order valence-corrected chi connectivity index (χ2v) is 7.06. The molecule has 1 amide bonds. The zero-order valence-electron chi connectivity index (χ0n) is 15.2. The molecule has 0 radical (unpaired) electrons. The number of benzene rings is 3. The van der Waals surface area contributed by atoms with E-state index < -0.39 is 11.6 Å². The van der Waals surface area contributed by atoms with Gasteiger partial charge in [0.05, 0.1) is 18.9 Å². The first-order valence-electron chi connectivity index (χ1n) is 8.63. The van der Waals surface area contributed by atoms with Crippen molar-refractivity contribution in [2.45, 2.75) is 10.9 Å². The predicted octanol–water partition coefficient (Wildman–Crippen LogP) is 4.97. The minimum atomic E-state index is -0.547. The van der Waals surface area contributed by atoms with Crippen LogP contribution >= 0.6 is 11.8 Å². The predicted molar refractivity (Wildman–Crippen MR) is 107 cm³/mol. The van der Waals surface area contributed by atoms with Crippen LogP contribution < -0.4 is 10.1 Å². The van der Waals surface area contributed by atoms with Crippen LogP contribution in [0.25, 0.3) is 0 Å². The summed E-state index contributed by atoms with van der Waals surface area (Å²) in [5.74, 6) is -0.670. The summed E-state index contributed by atoms with van der Waals surface area (Å²) in [5, 5.41) is 2.97. The number of carbonyl (C=O) groups excluding carboxylic acids is 1. The van der Waals surface area contributed by atoms with E-state index in [4.69, 9.17) is 4.74 Å². The molecule has 0 bridgehead atoms. The van der Waals surface area contributed by atoms with Gasteiger partial charge in [-0.25, -0.2) is 8.78 Å². The fourth-order valence-electron chi connectivity index (χ4n) is 2.73. The number of hydrogen-bond acceptors (Lipinski definition) is 3. The van der Waals surface area contributed by atoms with E-state index >= 15 is 0 Å². The lowest BCUT2D eigenvalue weighted by molar-refractivity contribution is -0.119. The van der Waals surface area contributed by atoms with Crippen LogP contribution in [0.5, 0.6) is 5.75 Å². The molecule has 144 valence electrons. The largest absolute Gasteiger partial charge is 0.497 e. The Hall–Kier alpha value is -2.86. The molecule has 3 rings (SSSR count). The minimum absolute atomic E-state index is 0.0279. The van der Waals surface area contributed by atoms with Crippen LogP contribution in [0.4, 0.5) is 8.78 Å². The highest BCUT2D eigenvalue weighted by molar-refractivity contribution is 8.00. The number of halogens is 2. The second kappa shape index (κ2) is 9.37. The Morgan fingerprint density at radius 2 is 1.68 bits per heavy atom. The lowest BCUT2D eigenvalue weighted by Crippen LogP contribution is -2.30. The molecule has 0 aromatic heterocycles. The lowest BCUT2D eigenvalue weighted by atomic mass is 9.98. The Kier molecular flexibility index (Phi) is 6.66. The summed E-state index contributed by atoms with van der Waals surface area (Å²) in [7, 11) is 1.59. The van der Waals surface area contributed by atoms with Crippen molar-refractivity contribution in [2.75, 3.05) is 12.9 Å². The van der Waals surface area contributed by atoms with Gasteiger partial charge in [-0.3, -0.25) is 4.79 Å². The van der Waals surface area contributed by atoms with Gasteiger partial charge in [0.2, 0.25) is 5.91 Å². The van der Waals surface area contributed by atoms with E-state index in [2.05, 4.69) is 5.32 Å². The molecule has 3 nitrogen and oxygen atoms in total. The van der Waals surface area contributed by atoms with Gasteiger partial charge in [-0.05, 0) is 41.5 Å². The molecule has 1 N–H and O–H groups in total. The standard InChI is InChI=1S/C22H19F2NO2S/c1-27-18-10-7-16(8-11-18)22(15-5-3-2-4-6-15)25-21(26)14-28-20-13-17(23)9-12-19(20)24/h2-13,22H,14H2,1H3,(H,25,26)/t22-/m0/s1. The Balaban J connectivity index is 1.75. The van der Waals surface area contributed by atoms with Crippen molar-refractivity contribution in [3.63, 3.8) is 0 Å². The van der Waals surface area contributed by atoms with Gasteiger partial charge >= 0.3 is 0 Å². The lowest BCUT2D eigenvalue weighted by Gasteiger charge is -2.20. The summed E-state index contributed by atoms with van der Waals surface area (Å²) in [6.07, 6.45) is 0. The van der Waals surface area contributed by atoms with Crippen molar-refractivity contribution in [1.82, 2.24) is 5.32 Å². The van der Waals surface area contributed by atoms with E-state index in [1.54, 1.807) is 7.11 Å². The number of ether oxygens (including phenoxy) is 1. The number of methoxy groups -OCH3 is 1. The normalized spacial score (nSPS) is 11.7. The van der Waals surface area contributed by atoms with Gasteiger partial charge in [0, 0.05) is 4.90 Å². The highest BCUT2D eigenvalue weighted by Gasteiger charge is 2.17. The molecule has 0 aliphatic rings. The monoisotopic (exact) mass is 399 g/mol. The molecule has 28 heavy (non-hydrogen) atoms. The van der Waals surface area contributed by atoms with Crippen molar-refractivity contribution in [3.8, 4) is 5.75 Å². The first kappa shape index (κ1) is 19.9. The third-order valence-electron chi connectivity index (χ3n) is 4.14. The Labute approximate surface area is 166 Å². The van der Waals surface area contributed by atoms with Crippen LogP contribution in [0, 0.1) is 11.6 Å². The van der Waals surface area contributed by atoms with Crippen LogP contribution in [0.3, 0.4) is 0 Å². The summed E-state index contributed by atoms with van der Waals surface area (Å²) >= 11 is 0.961. The molecule has 0 fully saturated rings. The third kappa shape index (κ3) is 5.10. The van der Waals surface area contributed by atoms with Gasteiger partial charge in [0.25, 0.3) is 0 Å². The minimum Gasteiger partial charge on any atom is -0.497 e. The van der Waals surface area contributed by atoms with E-state index in [1.807, 2.05) is 54.6 Å². The maximum atomic E-state index is 13.8. The van der Waals surface area contributed by atoms with Crippen molar-refractivity contribution in [3.05, 3.63) is 95.6 Å². The van der Waals surface area contributed by atoms with Crippen molar-refractivity contribution in [2.24, 2.45) is 0 Å². The summed E-state index contributed by atoms with van der Waals surface area (Å²) in [4.78, 5) is 12.6. The smallest absolute Gasteiger partial charge is 0.231 e. The van der Waals surface area contributed by atoms with Gasteiger partial charge in [-0.2, -0.15) is 0 Å². The SMILES string of the molecule is COc1ccc([C@@H](NC(=O)CSc2cc(F)ccc2F)c2ccccc2)cc1. The van der Waals surface area contributed by atoms with E-state index in [-0.39, 0.29) is 22.6 Å². The number of nitrogens with one attached hydrogen (secondary N) is 1. The first-order valence-corrected chi connectivity index (χ1v) is 9.61. The summed E-state index contributed by atoms with van der Waals surface area (Å²) in [6, 6.07) is 19.8. The molecular formula is C22H19F2NO2S. The van der Waals surface area contributed by atoms with Gasteiger partial charge in [-0.1, -0.05) is 42.5 Å². The highest BCUT2D eigenvalue weighted by Crippen LogP contribution is 2.26. The molecule has 3 aromatic carbocycles. The zero-order valence-corrected chi connectivity index (χ0v) is 16.0. The van der Waals surface area contributed by atoms with Crippen LogP contribution in [0.1, 0.15) is 17.2 Å². The molecule has 0 saturated carbocycles. The fraction of sp³-hybridized carbons (Fsp3) is 0.136. The zero-order chi connectivity index (χ0) is 19.9. The molecule has 3 aromatic rings. The second-order valence-electron chi connectivity index (χ2n) is 6.05. The topological polar surface area (TPSA) is 38.3 Å². The Bertz CT molecular complexity index is 933. The number of hydrogen-bond donors (Lipinski definition) is 1. The maximum Gasteiger partial charge on any atom is 0.231 e. The van der Waals surface area contributed by atoms with Crippen molar-refractivity contribution in [1.29, 1.82) is 0 Å². The molecule has 0 unspecified atom stereocenters. The number of rotatable bonds is 7. The molecule has 0 heterocycles. The average Bonchev–Trinajstić information content (AvgIpc) is 2.73. The van der Waals surface area contributed by atoms with E-state index in [9.17, 15) is 13.6 Å².